The molecule has 0 saturated carbocycles. The summed E-state index contributed by atoms with van der Waals surface area (Å²) in [5, 5.41) is -0.502. The molecule has 0 aromatic heterocycles. The molecule has 0 radical (unpaired) electrons. The SMILES string of the molecule is CCN1CCC(CNS(=O)(=O)C(C)CN)CC1. The fourth-order valence-electron chi connectivity index (χ4n) is 2.01. The zero-order valence-corrected chi connectivity index (χ0v) is 11.7. The van der Waals surface area contributed by atoms with Crippen LogP contribution in [-0.2, 0) is 10.0 Å². The summed E-state index contributed by atoms with van der Waals surface area (Å²) in [6, 6.07) is 0. The van der Waals surface area contributed by atoms with Gasteiger partial charge in [0.2, 0.25) is 10.0 Å². The van der Waals surface area contributed by atoms with Crippen molar-refractivity contribution in [2.45, 2.75) is 31.9 Å². The normalized spacial score (nSPS) is 21.6. The molecule has 17 heavy (non-hydrogen) atoms. The highest BCUT2D eigenvalue weighted by Crippen LogP contribution is 2.16. The van der Waals surface area contributed by atoms with Crippen LogP contribution in [0, 0.1) is 5.92 Å². The molecule has 1 unspecified atom stereocenters. The minimum Gasteiger partial charge on any atom is -0.329 e. The third-order valence-corrected chi connectivity index (χ3v) is 5.41. The number of nitrogens with zero attached hydrogens (tertiary/aromatic N) is 1. The average Bonchev–Trinajstić information content (AvgIpc) is 2.36. The third kappa shape index (κ3) is 4.54. The van der Waals surface area contributed by atoms with E-state index in [1.807, 2.05) is 0 Å². The number of nitrogens with one attached hydrogen (secondary N) is 1. The van der Waals surface area contributed by atoms with Crippen LogP contribution in [0.15, 0.2) is 0 Å². The molecule has 6 heteroatoms. The Labute approximate surface area is 105 Å². The van der Waals surface area contributed by atoms with E-state index in [-0.39, 0.29) is 6.54 Å². The Kier molecular flexibility index (Phi) is 5.85. The molecule has 3 N–H and O–H groups in total. The molecule has 0 aliphatic carbocycles. The van der Waals surface area contributed by atoms with E-state index >= 15 is 0 Å². The van der Waals surface area contributed by atoms with Crippen molar-refractivity contribution in [1.82, 2.24) is 9.62 Å². The van der Waals surface area contributed by atoms with Gasteiger partial charge in [-0.3, -0.25) is 0 Å². The van der Waals surface area contributed by atoms with Gasteiger partial charge in [-0.1, -0.05) is 6.92 Å². The number of hydrogen-bond acceptors (Lipinski definition) is 4. The molecule has 102 valence electrons. The van der Waals surface area contributed by atoms with Crippen LogP contribution < -0.4 is 10.5 Å². The van der Waals surface area contributed by atoms with Gasteiger partial charge in [0.25, 0.3) is 0 Å². The van der Waals surface area contributed by atoms with Crippen molar-refractivity contribution >= 4 is 10.0 Å². The van der Waals surface area contributed by atoms with Gasteiger partial charge in [-0.15, -0.1) is 0 Å². The lowest BCUT2D eigenvalue weighted by molar-refractivity contribution is 0.193. The van der Waals surface area contributed by atoms with Crippen LogP contribution in [0.2, 0.25) is 0 Å². The van der Waals surface area contributed by atoms with Gasteiger partial charge in [-0.05, 0) is 45.3 Å². The molecule has 0 aromatic carbocycles. The quantitative estimate of drug-likeness (QED) is 0.706. The van der Waals surface area contributed by atoms with Crippen molar-refractivity contribution in [1.29, 1.82) is 0 Å². The Hall–Kier alpha value is -0.170. The van der Waals surface area contributed by atoms with Gasteiger partial charge in [0.1, 0.15) is 0 Å². The summed E-state index contributed by atoms with van der Waals surface area (Å²) in [6.07, 6.45) is 2.15. The zero-order valence-electron chi connectivity index (χ0n) is 10.9. The van der Waals surface area contributed by atoms with E-state index in [4.69, 9.17) is 5.73 Å². The second kappa shape index (κ2) is 6.68. The van der Waals surface area contributed by atoms with E-state index in [0.29, 0.717) is 12.5 Å². The zero-order chi connectivity index (χ0) is 12.9. The molecule has 5 nitrogen and oxygen atoms in total. The Morgan fingerprint density at radius 3 is 2.47 bits per heavy atom. The molecule has 0 amide bonds. The van der Waals surface area contributed by atoms with Crippen LogP contribution in [0.5, 0.6) is 0 Å². The summed E-state index contributed by atoms with van der Waals surface area (Å²) in [7, 11) is -3.22. The van der Waals surface area contributed by atoms with E-state index in [2.05, 4.69) is 16.5 Å². The number of nitrogens with two attached hydrogens (primary N) is 1. The van der Waals surface area contributed by atoms with Crippen LogP contribution in [0.25, 0.3) is 0 Å². The van der Waals surface area contributed by atoms with Crippen molar-refractivity contribution in [2.75, 3.05) is 32.7 Å². The maximum Gasteiger partial charge on any atom is 0.215 e. The lowest BCUT2D eigenvalue weighted by Crippen LogP contribution is -2.42. The van der Waals surface area contributed by atoms with Gasteiger partial charge in [0, 0.05) is 13.1 Å². The summed E-state index contributed by atoms with van der Waals surface area (Å²) >= 11 is 0. The van der Waals surface area contributed by atoms with Gasteiger partial charge in [0.15, 0.2) is 0 Å². The molecule has 1 saturated heterocycles. The largest absolute Gasteiger partial charge is 0.329 e. The molecule has 0 spiro atoms. The molecule has 0 bridgehead atoms. The maximum absolute atomic E-state index is 11.7. The van der Waals surface area contributed by atoms with Gasteiger partial charge < -0.3 is 10.6 Å². The van der Waals surface area contributed by atoms with Crippen molar-refractivity contribution < 1.29 is 8.42 Å². The average molecular weight is 263 g/mol. The molecule has 1 atom stereocenters. The van der Waals surface area contributed by atoms with Gasteiger partial charge in [0.05, 0.1) is 5.25 Å². The third-order valence-electron chi connectivity index (χ3n) is 3.59. The molecule has 0 aromatic rings. The molecule has 1 aliphatic heterocycles. The van der Waals surface area contributed by atoms with Crippen molar-refractivity contribution in [3.63, 3.8) is 0 Å². The van der Waals surface area contributed by atoms with Crippen molar-refractivity contribution in [3.8, 4) is 0 Å². The van der Waals surface area contributed by atoms with Gasteiger partial charge in [-0.25, -0.2) is 13.1 Å². The van der Waals surface area contributed by atoms with E-state index in [1.54, 1.807) is 6.92 Å². The predicted molar refractivity (Wildman–Crippen MR) is 70.3 cm³/mol. The fourth-order valence-corrected chi connectivity index (χ4v) is 3.02. The predicted octanol–water partition coefficient (Wildman–Crippen LogP) is -0.0151. The first-order valence-corrected chi connectivity index (χ1v) is 7.95. The smallest absolute Gasteiger partial charge is 0.215 e. The monoisotopic (exact) mass is 263 g/mol. The molecule has 1 rings (SSSR count). The van der Waals surface area contributed by atoms with Gasteiger partial charge in [-0.2, -0.15) is 0 Å². The minimum atomic E-state index is -3.22. The number of rotatable bonds is 6. The second-order valence-electron chi connectivity index (χ2n) is 4.82. The van der Waals surface area contributed by atoms with Crippen LogP contribution in [-0.4, -0.2) is 51.3 Å². The number of piperidine rings is 1. The van der Waals surface area contributed by atoms with Crippen LogP contribution >= 0.6 is 0 Å². The molecular weight excluding hydrogens is 238 g/mol. The lowest BCUT2D eigenvalue weighted by atomic mass is 9.97. The van der Waals surface area contributed by atoms with E-state index in [1.165, 1.54) is 0 Å². The first-order chi connectivity index (χ1) is 7.99. The Balaban J connectivity index is 2.32. The Bertz CT molecular complexity index is 311. The summed E-state index contributed by atoms with van der Waals surface area (Å²) in [5.74, 6) is 0.470. The highest BCUT2D eigenvalue weighted by Gasteiger charge is 2.23. The minimum absolute atomic E-state index is 0.170. The van der Waals surface area contributed by atoms with E-state index < -0.39 is 15.3 Å². The van der Waals surface area contributed by atoms with Crippen LogP contribution in [0.4, 0.5) is 0 Å². The highest BCUT2D eigenvalue weighted by atomic mass is 32.2. The molecule has 1 aliphatic rings. The lowest BCUT2D eigenvalue weighted by Gasteiger charge is -2.31. The standard InChI is InChI=1S/C11H25N3O2S/c1-3-14-6-4-11(5-7-14)9-13-17(15,16)10(2)8-12/h10-11,13H,3-9,12H2,1-2H3. The summed E-state index contributed by atoms with van der Waals surface area (Å²) in [5.41, 5.74) is 5.38. The van der Waals surface area contributed by atoms with E-state index in [9.17, 15) is 8.42 Å². The van der Waals surface area contributed by atoms with E-state index in [0.717, 1.165) is 32.5 Å². The number of likely N-dealkylation sites (tertiary alicyclic amines) is 1. The molecular formula is C11H25N3O2S. The first kappa shape index (κ1) is 14.9. The summed E-state index contributed by atoms with van der Waals surface area (Å²) in [6.45, 7) is 7.77. The molecule has 1 fully saturated rings. The first-order valence-electron chi connectivity index (χ1n) is 6.40. The summed E-state index contributed by atoms with van der Waals surface area (Å²) in [4.78, 5) is 2.40. The van der Waals surface area contributed by atoms with Gasteiger partial charge >= 0.3 is 0 Å². The van der Waals surface area contributed by atoms with Crippen LogP contribution in [0.1, 0.15) is 26.7 Å². The highest BCUT2D eigenvalue weighted by molar-refractivity contribution is 7.90. The summed E-state index contributed by atoms with van der Waals surface area (Å²) < 4.78 is 26.1. The van der Waals surface area contributed by atoms with Crippen molar-refractivity contribution in [3.05, 3.63) is 0 Å². The topological polar surface area (TPSA) is 75.4 Å². The van der Waals surface area contributed by atoms with Crippen molar-refractivity contribution in [2.24, 2.45) is 11.7 Å². The Morgan fingerprint density at radius 2 is 2.00 bits per heavy atom. The Morgan fingerprint density at radius 1 is 1.41 bits per heavy atom. The molecule has 1 heterocycles. The van der Waals surface area contributed by atoms with Crippen LogP contribution in [0.3, 0.4) is 0 Å². The number of hydrogen-bond donors (Lipinski definition) is 2. The second-order valence-corrected chi connectivity index (χ2v) is 7.00. The number of sulfonamides is 1. The fraction of sp³-hybridized carbons (Fsp3) is 1.00. The maximum atomic E-state index is 11.7.